The summed E-state index contributed by atoms with van der Waals surface area (Å²) < 4.78 is 27.5. The van der Waals surface area contributed by atoms with Crippen LogP contribution in [0.3, 0.4) is 0 Å². The van der Waals surface area contributed by atoms with Crippen LogP contribution in [0.4, 0.5) is 14.5 Å². The van der Waals surface area contributed by atoms with E-state index in [2.05, 4.69) is 26.3 Å². The van der Waals surface area contributed by atoms with Crippen LogP contribution in [0.25, 0.3) is 0 Å². The molecule has 0 aliphatic heterocycles. The molecule has 0 aromatic carbocycles. The van der Waals surface area contributed by atoms with Crippen LogP contribution < -0.4 is 16.6 Å². The van der Waals surface area contributed by atoms with Crippen LogP contribution >= 0.6 is 15.9 Å². The Balaban J connectivity index is 2.88. The Morgan fingerprint density at radius 3 is 2.74 bits per heavy atom. The number of nitrogens with two attached hydrogens (primary N) is 1. The van der Waals surface area contributed by atoms with Crippen molar-refractivity contribution in [2.45, 2.75) is 26.3 Å². The smallest absolute Gasteiger partial charge is 0.283 e. The highest BCUT2D eigenvalue weighted by atomic mass is 79.9. The Hall–Kier alpha value is -1.02. The molecule has 0 atom stereocenters. The number of hydrogen-bond donors (Lipinski definition) is 2. The SMILES string of the molecule is CC(C)Cn1ncc(NCC(F)(F)CN)c(Br)c1=O. The minimum Gasteiger partial charge on any atom is -0.377 e. The van der Waals surface area contributed by atoms with Crippen LogP contribution in [-0.2, 0) is 6.54 Å². The predicted octanol–water partition coefficient (Wildman–Crippen LogP) is 1.67. The molecule has 0 bridgehead atoms. The molecular weight excluding hydrogens is 322 g/mol. The van der Waals surface area contributed by atoms with Gasteiger partial charge in [0.2, 0.25) is 0 Å². The fraction of sp³-hybridized carbons (Fsp3) is 0.636. The molecule has 0 amide bonds. The normalized spacial score (nSPS) is 11.9. The molecule has 1 aromatic heterocycles. The van der Waals surface area contributed by atoms with Crippen molar-refractivity contribution in [1.82, 2.24) is 9.78 Å². The maximum absolute atomic E-state index is 13.0. The third-order valence-electron chi connectivity index (χ3n) is 2.36. The number of anilines is 1. The maximum Gasteiger partial charge on any atom is 0.283 e. The van der Waals surface area contributed by atoms with Crippen molar-refractivity contribution in [3.05, 3.63) is 21.0 Å². The third-order valence-corrected chi connectivity index (χ3v) is 3.13. The lowest BCUT2D eigenvalue weighted by molar-refractivity contribution is 0.0253. The fourth-order valence-electron chi connectivity index (χ4n) is 1.36. The van der Waals surface area contributed by atoms with E-state index in [9.17, 15) is 13.6 Å². The van der Waals surface area contributed by atoms with Crippen LogP contribution in [0, 0.1) is 5.92 Å². The second-order valence-corrected chi connectivity index (χ2v) is 5.46. The summed E-state index contributed by atoms with van der Waals surface area (Å²) in [5.41, 5.74) is 4.82. The summed E-state index contributed by atoms with van der Waals surface area (Å²) in [4.78, 5) is 11.9. The average Bonchev–Trinajstić information content (AvgIpc) is 2.34. The Labute approximate surface area is 118 Å². The van der Waals surface area contributed by atoms with Gasteiger partial charge in [0, 0.05) is 6.54 Å². The zero-order valence-electron chi connectivity index (χ0n) is 10.8. The molecule has 0 unspecified atom stereocenters. The van der Waals surface area contributed by atoms with Gasteiger partial charge in [0.05, 0.1) is 25.0 Å². The molecule has 1 rings (SSSR count). The van der Waals surface area contributed by atoms with Crippen molar-refractivity contribution in [2.75, 3.05) is 18.4 Å². The van der Waals surface area contributed by atoms with E-state index in [4.69, 9.17) is 5.73 Å². The molecule has 19 heavy (non-hydrogen) atoms. The Kier molecular flexibility index (Phi) is 5.42. The van der Waals surface area contributed by atoms with Crippen molar-refractivity contribution in [3.63, 3.8) is 0 Å². The minimum absolute atomic E-state index is 0.191. The highest BCUT2D eigenvalue weighted by molar-refractivity contribution is 9.10. The van der Waals surface area contributed by atoms with Crippen molar-refractivity contribution >= 4 is 21.6 Å². The Morgan fingerprint density at radius 2 is 2.21 bits per heavy atom. The first-order valence-corrected chi connectivity index (χ1v) is 6.63. The first kappa shape index (κ1) is 16.0. The number of nitrogens with zero attached hydrogens (tertiary/aromatic N) is 2. The summed E-state index contributed by atoms with van der Waals surface area (Å²) in [5, 5.41) is 6.41. The second-order valence-electron chi connectivity index (χ2n) is 4.67. The van der Waals surface area contributed by atoms with Gasteiger partial charge in [0.15, 0.2) is 0 Å². The fourth-order valence-corrected chi connectivity index (χ4v) is 1.81. The van der Waals surface area contributed by atoms with Crippen LogP contribution in [0.2, 0.25) is 0 Å². The summed E-state index contributed by atoms with van der Waals surface area (Å²) in [5.74, 6) is -2.76. The highest BCUT2D eigenvalue weighted by Crippen LogP contribution is 2.19. The van der Waals surface area contributed by atoms with Crippen LogP contribution in [-0.4, -0.2) is 28.8 Å². The minimum atomic E-state index is -3.02. The van der Waals surface area contributed by atoms with Crippen molar-refractivity contribution in [3.8, 4) is 0 Å². The molecule has 0 radical (unpaired) electrons. The maximum atomic E-state index is 13.0. The van der Waals surface area contributed by atoms with Gasteiger partial charge in [-0.3, -0.25) is 4.79 Å². The van der Waals surface area contributed by atoms with Gasteiger partial charge in [-0.15, -0.1) is 0 Å². The number of alkyl halides is 2. The summed E-state index contributed by atoms with van der Waals surface area (Å²) in [6, 6.07) is 0. The van der Waals surface area contributed by atoms with Crippen molar-refractivity contribution < 1.29 is 8.78 Å². The molecule has 5 nitrogen and oxygen atoms in total. The molecule has 1 aromatic rings. The van der Waals surface area contributed by atoms with E-state index >= 15 is 0 Å². The van der Waals surface area contributed by atoms with Gasteiger partial charge >= 0.3 is 0 Å². The molecule has 1 heterocycles. The molecule has 108 valence electrons. The summed E-state index contributed by atoms with van der Waals surface area (Å²) in [7, 11) is 0. The predicted molar refractivity (Wildman–Crippen MR) is 73.5 cm³/mol. The van der Waals surface area contributed by atoms with Gasteiger partial charge in [-0.25, -0.2) is 13.5 Å². The molecule has 0 saturated carbocycles. The molecule has 0 saturated heterocycles. The molecular formula is C11H17BrF2N4O. The van der Waals surface area contributed by atoms with Crippen molar-refractivity contribution in [1.29, 1.82) is 0 Å². The zero-order chi connectivity index (χ0) is 14.6. The molecule has 0 fully saturated rings. The largest absolute Gasteiger partial charge is 0.377 e. The first-order chi connectivity index (χ1) is 8.76. The lowest BCUT2D eigenvalue weighted by Gasteiger charge is -2.16. The van der Waals surface area contributed by atoms with Gasteiger partial charge < -0.3 is 11.1 Å². The lowest BCUT2D eigenvalue weighted by Crippen LogP contribution is -2.36. The number of nitrogens with one attached hydrogen (secondary N) is 1. The molecule has 0 aliphatic carbocycles. The number of hydrogen-bond acceptors (Lipinski definition) is 4. The van der Waals surface area contributed by atoms with Gasteiger partial charge in [0.1, 0.15) is 4.47 Å². The average molecular weight is 339 g/mol. The molecule has 8 heteroatoms. The summed E-state index contributed by atoms with van der Waals surface area (Å²) >= 11 is 3.10. The topological polar surface area (TPSA) is 72.9 Å². The van der Waals surface area contributed by atoms with Gasteiger partial charge in [-0.1, -0.05) is 13.8 Å². The van der Waals surface area contributed by atoms with Crippen molar-refractivity contribution in [2.24, 2.45) is 11.7 Å². The summed E-state index contributed by atoms with van der Waals surface area (Å²) in [6.07, 6.45) is 1.35. The summed E-state index contributed by atoms with van der Waals surface area (Å²) in [6.45, 7) is 2.98. The number of aromatic nitrogens is 2. The standard InChI is InChI=1S/C11H17BrF2N4O/c1-7(2)4-18-10(19)9(12)8(3-17-18)16-6-11(13,14)5-15/h3,7,16H,4-6,15H2,1-2H3. The van der Waals surface area contributed by atoms with E-state index < -0.39 is 19.0 Å². The molecule has 0 aliphatic rings. The van der Waals surface area contributed by atoms with Gasteiger partial charge in [0.25, 0.3) is 11.5 Å². The van der Waals surface area contributed by atoms with E-state index in [-0.39, 0.29) is 21.6 Å². The highest BCUT2D eigenvalue weighted by Gasteiger charge is 2.26. The second kappa shape index (κ2) is 6.42. The number of rotatable bonds is 6. The quantitative estimate of drug-likeness (QED) is 0.827. The van der Waals surface area contributed by atoms with Gasteiger partial charge in [-0.2, -0.15) is 5.10 Å². The van der Waals surface area contributed by atoms with E-state index in [1.807, 2.05) is 13.8 Å². The van der Waals surface area contributed by atoms with Gasteiger partial charge in [-0.05, 0) is 21.8 Å². The van der Waals surface area contributed by atoms with E-state index in [1.165, 1.54) is 10.9 Å². The number of halogens is 3. The molecule has 0 spiro atoms. The van der Waals surface area contributed by atoms with E-state index in [0.717, 1.165) is 0 Å². The van der Waals surface area contributed by atoms with E-state index in [0.29, 0.717) is 6.54 Å². The lowest BCUT2D eigenvalue weighted by atomic mass is 10.2. The Bertz CT molecular complexity index is 490. The third kappa shape index (κ3) is 4.54. The molecule has 3 N–H and O–H groups in total. The zero-order valence-corrected chi connectivity index (χ0v) is 12.4. The van der Waals surface area contributed by atoms with Crippen LogP contribution in [0.15, 0.2) is 15.5 Å². The Morgan fingerprint density at radius 1 is 1.58 bits per heavy atom. The van der Waals surface area contributed by atoms with E-state index in [1.54, 1.807) is 0 Å². The van der Waals surface area contributed by atoms with Crippen LogP contribution in [0.5, 0.6) is 0 Å². The van der Waals surface area contributed by atoms with Crippen LogP contribution in [0.1, 0.15) is 13.8 Å². The monoisotopic (exact) mass is 338 g/mol. The first-order valence-electron chi connectivity index (χ1n) is 5.84.